The Morgan fingerprint density at radius 3 is 2.12 bits per heavy atom. The van der Waals surface area contributed by atoms with Gasteiger partial charge in [0.1, 0.15) is 28.3 Å². The number of sulfonamides is 1. The highest BCUT2D eigenvalue weighted by Gasteiger charge is 2.55. The van der Waals surface area contributed by atoms with Crippen LogP contribution in [0.3, 0.4) is 0 Å². The molecule has 5 aliphatic rings. The highest BCUT2D eigenvalue weighted by Crippen LogP contribution is 2.55. The van der Waals surface area contributed by atoms with Gasteiger partial charge in [0.15, 0.2) is 0 Å². The number of carbonyl (C=O) groups is 1. The van der Waals surface area contributed by atoms with Crippen LogP contribution >= 0.6 is 0 Å². The van der Waals surface area contributed by atoms with Gasteiger partial charge in [0.25, 0.3) is 0 Å². The van der Waals surface area contributed by atoms with E-state index in [1.165, 1.54) is 7.05 Å². The smallest absolute Gasteiger partial charge is 0.420 e. The van der Waals surface area contributed by atoms with Gasteiger partial charge in [0.2, 0.25) is 15.9 Å². The molecule has 41 heavy (non-hydrogen) atoms. The molecule has 0 saturated heterocycles. The summed E-state index contributed by atoms with van der Waals surface area (Å²) in [6.45, 7) is 0.00768. The Balaban J connectivity index is 1.65. The minimum atomic E-state index is -4.98. The van der Waals surface area contributed by atoms with Gasteiger partial charge in [-0.3, -0.25) is 4.79 Å². The molecule has 1 aromatic carbocycles. The number of carboxylic acid groups (broad SMARTS) is 1. The Hall–Kier alpha value is -2.22. The number of carboxylic acids is 1. The standard InChI is InChI=1S/C27H34F6N2O5S/c1-23(28,29)4-3-17-15-35(26-10-7-25(30,8-11-26)9-12-26)19-13-18(27(31,32)33)20(14-21(19)41(38,39)34(17)2)40-16-24(5-6-24)22(36)37/h13-14,17H,3-12,15-16H2,1-2H3,(H,36,37)/t17-,25?,26?/m1/s1. The van der Waals surface area contributed by atoms with Crippen molar-refractivity contribution in [1.82, 2.24) is 4.31 Å². The maximum atomic E-state index is 15.1. The predicted molar refractivity (Wildman–Crippen MR) is 136 cm³/mol. The molecular formula is C27H34F6N2O5S. The number of benzene rings is 1. The number of aliphatic carboxylic acids is 1. The monoisotopic (exact) mass is 612 g/mol. The Bertz CT molecular complexity index is 1300. The average molecular weight is 613 g/mol. The highest BCUT2D eigenvalue weighted by molar-refractivity contribution is 7.89. The van der Waals surface area contributed by atoms with Crippen molar-refractivity contribution < 1.29 is 49.4 Å². The number of nitrogens with zero attached hydrogens (tertiary/aromatic N) is 2. The first-order valence-corrected chi connectivity index (χ1v) is 15.2. The fourth-order valence-electron chi connectivity index (χ4n) is 6.54. The molecule has 1 N–H and O–H groups in total. The molecule has 0 spiro atoms. The van der Waals surface area contributed by atoms with Gasteiger partial charge in [-0.05, 0) is 70.8 Å². The summed E-state index contributed by atoms with van der Waals surface area (Å²) in [6.07, 6.45) is -4.08. The van der Waals surface area contributed by atoms with E-state index < -0.39 is 80.0 Å². The van der Waals surface area contributed by atoms with E-state index in [1.54, 1.807) is 4.90 Å². The molecule has 6 rings (SSSR count). The van der Waals surface area contributed by atoms with Crippen LogP contribution in [0, 0.1) is 5.41 Å². The number of ether oxygens (including phenoxy) is 1. The minimum absolute atomic E-state index is 0.141. The van der Waals surface area contributed by atoms with Crippen molar-refractivity contribution in [2.45, 2.75) is 105 Å². The molecular weight excluding hydrogens is 578 g/mol. The molecule has 7 nitrogen and oxygen atoms in total. The van der Waals surface area contributed by atoms with Crippen LogP contribution in [-0.2, 0) is 21.0 Å². The Labute approximate surface area is 234 Å². The molecule has 4 saturated carbocycles. The van der Waals surface area contributed by atoms with Gasteiger partial charge in [-0.2, -0.15) is 17.5 Å². The second-order valence-corrected chi connectivity index (χ2v) is 14.4. The normalized spacial score (nSPS) is 30.9. The number of halogens is 6. The Morgan fingerprint density at radius 2 is 1.63 bits per heavy atom. The van der Waals surface area contributed by atoms with Gasteiger partial charge in [-0.15, -0.1) is 0 Å². The molecule has 1 heterocycles. The first-order chi connectivity index (χ1) is 18.8. The SMILES string of the molecule is CN1[C@H](CCC(C)(F)F)CN(C23CCC(F)(CC2)CC3)c2cc(C(F)(F)F)c(OCC3(C(=O)O)CC3)cc2S1(=O)=O. The molecule has 1 aromatic rings. The van der Waals surface area contributed by atoms with Crippen LogP contribution < -0.4 is 9.64 Å². The number of hydrogen-bond acceptors (Lipinski definition) is 5. The lowest BCUT2D eigenvalue weighted by molar-refractivity contribution is -0.144. The van der Waals surface area contributed by atoms with Gasteiger partial charge in [-0.25, -0.2) is 21.6 Å². The number of anilines is 1. The van der Waals surface area contributed by atoms with E-state index in [1.807, 2.05) is 0 Å². The average Bonchev–Trinajstić information content (AvgIpc) is 3.68. The first kappa shape index (κ1) is 30.2. The lowest BCUT2D eigenvalue weighted by Gasteiger charge is -2.56. The molecule has 0 radical (unpaired) electrons. The minimum Gasteiger partial charge on any atom is -0.492 e. The number of fused-ring (bicyclic) bond motifs is 4. The Morgan fingerprint density at radius 1 is 1.05 bits per heavy atom. The van der Waals surface area contributed by atoms with Crippen molar-refractivity contribution in [3.63, 3.8) is 0 Å². The number of likely N-dealkylation sites (N-methyl/N-ethyl adjacent to an activating group) is 1. The first-order valence-electron chi connectivity index (χ1n) is 13.8. The summed E-state index contributed by atoms with van der Waals surface area (Å²) in [5.74, 6) is -5.12. The van der Waals surface area contributed by atoms with E-state index in [0.29, 0.717) is 6.07 Å². The predicted octanol–water partition coefficient (Wildman–Crippen LogP) is 6.01. The van der Waals surface area contributed by atoms with Gasteiger partial charge >= 0.3 is 12.1 Å². The van der Waals surface area contributed by atoms with E-state index in [-0.39, 0.29) is 70.0 Å². The van der Waals surface area contributed by atoms with Crippen molar-refractivity contribution in [3.8, 4) is 5.75 Å². The van der Waals surface area contributed by atoms with Crippen LogP contribution in [0.5, 0.6) is 5.75 Å². The van der Waals surface area contributed by atoms with Gasteiger partial charge in [-0.1, -0.05) is 0 Å². The van der Waals surface area contributed by atoms with Gasteiger partial charge < -0.3 is 14.7 Å². The lowest BCUT2D eigenvalue weighted by atomic mass is 9.63. The summed E-state index contributed by atoms with van der Waals surface area (Å²) in [4.78, 5) is 12.7. The van der Waals surface area contributed by atoms with Crippen LogP contribution in [0.4, 0.5) is 32.0 Å². The van der Waals surface area contributed by atoms with Crippen molar-refractivity contribution in [1.29, 1.82) is 0 Å². The second-order valence-electron chi connectivity index (χ2n) is 12.5. The van der Waals surface area contributed by atoms with Gasteiger partial charge in [0, 0.05) is 37.7 Å². The van der Waals surface area contributed by atoms with Gasteiger partial charge in [0.05, 0.1) is 11.3 Å². The summed E-state index contributed by atoms with van der Waals surface area (Å²) < 4.78 is 120. The number of hydrogen-bond donors (Lipinski definition) is 1. The Kier molecular flexibility index (Phi) is 7.12. The van der Waals surface area contributed by atoms with Crippen molar-refractivity contribution in [2.75, 3.05) is 25.1 Å². The van der Waals surface area contributed by atoms with E-state index >= 15 is 4.39 Å². The molecule has 230 valence electrons. The molecule has 0 amide bonds. The highest BCUT2D eigenvalue weighted by atomic mass is 32.2. The summed E-state index contributed by atoms with van der Waals surface area (Å²) in [6, 6.07) is 0.508. The molecule has 1 aliphatic heterocycles. The van der Waals surface area contributed by atoms with Crippen molar-refractivity contribution in [2.24, 2.45) is 5.41 Å². The molecule has 1 atom stereocenters. The maximum absolute atomic E-state index is 15.1. The van der Waals surface area contributed by atoms with Crippen molar-refractivity contribution >= 4 is 21.7 Å². The summed E-state index contributed by atoms with van der Waals surface area (Å²) in [7, 11) is -3.29. The van der Waals surface area contributed by atoms with E-state index in [9.17, 15) is 40.3 Å². The lowest BCUT2D eigenvalue weighted by Crippen LogP contribution is -2.60. The van der Waals surface area contributed by atoms with E-state index in [0.717, 1.165) is 17.3 Å². The van der Waals surface area contributed by atoms with Crippen molar-refractivity contribution in [3.05, 3.63) is 17.7 Å². The van der Waals surface area contributed by atoms with Crippen LogP contribution in [-0.4, -0.2) is 67.2 Å². The zero-order chi connectivity index (χ0) is 30.2. The summed E-state index contributed by atoms with van der Waals surface area (Å²) in [5.41, 5.74) is -5.05. The molecule has 0 aromatic heterocycles. The van der Waals surface area contributed by atoms with Crippen LogP contribution in [0.2, 0.25) is 0 Å². The third-order valence-electron chi connectivity index (χ3n) is 9.64. The summed E-state index contributed by atoms with van der Waals surface area (Å²) in [5, 5.41) is 9.46. The molecule has 4 aliphatic carbocycles. The molecule has 2 bridgehead atoms. The fraction of sp³-hybridized carbons (Fsp3) is 0.741. The molecule has 14 heteroatoms. The largest absolute Gasteiger partial charge is 0.492 e. The third-order valence-corrected chi connectivity index (χ3v) is 11.6. The quantitative estimate of drug-likeness (QED) is 0.362. The third kappa shape index (κ3) is 5.50. The van der Waals surface area contributed by atoms with Crippen LogP contribution in [0.25, 0.3) is 0 Å². The zero-order valence-corrected chi connectivity index (χ0v) is 23.7. The summed E-state index contributed by atoms with van der Waals surface area (Å²) >= 11 is 0. The zero-order valence-electron chi connectivity index (χ0n) is 22.9. The van der Waals surface area contributed by atoms with E-state index in [2.05, 4.69) is 0 Å². The fourth-order valence-corrected chi connectivity index (χ4v) is 8.10. The van der Waals surface area contributed by atoms with Crippen LogP contribution in [0.15, 0.2) is 17.0 Å². The molecule has 0 unspecified atom stereocenters. The second kappa shape index (κ2) is 9.65. The molecule has 4 fully saturated rings. The topological polar surface area (TPSA) is 87.2 Å². The number of alkyl halides is 6. The number of rotatable bonds is 8. The maximum Gasteiger partial charge on any atom is 0.420 e. The van der Waals surface area contributed by atoms with E-state index in [4.69, 9.17) is 4.74 Å². The van der Waals surface area contributed by atoms with Crippen LogP contribution in [0.1, 0.15) is 76.7 Å².